The van der Waals surface area contributed by atoms with Gasteiger partial charge in [-0.25, -0.2) is 5.43 Å². The van der Waals surface area contributed by atoms with Crippen molar-refractivity contribution in [2.45, 2.75) is 30.9 Å². The van der Waals surface area contributed by atoms with Gasteiger partial charge in [-0.2, -0.15) is 5.10 Å². The lowest BCUT2D eigenvalue weighted by molar-refractivity contribution is -0.120. The standard InChI is InChI=1S/C22H21BrClN3OS/c1-14-11-17(15(2)27(14)20-6-4-5-18(23)12-20)13-25-26-22(28)16(3)29-21-9-7-19(24)8-10-21/h4-13,16H,1-3H3,(H,26,28)/b25-13-/t16-/m0/s1. The van der Waals surface area contributed by atoms with E-state index in [1.165, 1.54) is 11.8 Å². The number of aryl methyl sites for hydroxylation is 1. The quantitative estimate of drug-likeness (QED) is 0.256. The Kier molecular flexibility index (Phi) is 7.22. The van der Waals surface area contributed by atoms with Crippen molar-refractivity contribution in [2.24, 2.45) is 5.10 Å². The van der Waals surface area contributed by atoms with Gasteiger partial charge in [-0.1, -0.05) is 33.6 Å². The Morgan fingerprint density at radius 3 is 2.62 bits per heavy atom. The van der Waals surface area contributed by atoms with Crippen molar-refractivity contribution >= 4 is 51.4 Å². The highest BCUT2D eigenvalue weighted by Crippen LogP contribution is 2.25. The maximum atomic E-state index is 12.3. The molecule has 29 heavy (non-hydrogen) atoms. The molecule has 7 heteroatoms. The average Bonchev–Trinajstić information content (AvgIpc) is 2.97. The molecule has 1 N–H and O–H groups in total. The summed E-state index contributed by atoms with van der Waals surface area (Å²) in [6.45, 7) is 5.94. The molecule has 2 aromatic carbocycles. The molecule has 1 aromatic heterocycles. The number of nitrogens with zero attached hydrogens (tertiary/aromatic N) is 2. The Balaban J connectivity index is 1.66. The number of hydrogen-bond donors (Lipinski definition) is 1. The van der Waals surface area contributed by atoms with E-state index >= 15 is 0 Å². The molecule has 0 unspecified atom stereocenters. The minimum absolute atomic E-state index is 0.151. The zero-order chi connectivity index (χ0) is 21.0. The van der Waals surface area contributed by atoms with Crippen LogP contribution in [-0.2, 0) is 4.79 Å². The minimum atomic E-state index is -0.276. The van der Waals surface area contributed by atoms with Gasteiger partial charge in [-0.15, -0.1) is 11.8 Å². The van der Waals surface area contributed by atoms with Gasteiger partial charge in [0.15, 0.2) is 0 Å². The second-order valence-electron chi connectivity index (χ2n) is 6.59. The fraction of sp³-hybridized carbons (Fsp3) is 0.182. The van der Waals surface area contributed by atoms with E-state index in [2.05, 4.69) is 56.1 Å². The fourth-order valence-corrected chi connectivity index (χ4v) is 4.33. The van der Waals surface area contributed by atoms with Crippen LogP contribution >= 0.6 is 39.3 Å². The van der Waals surface area contributed by atoms with Crippen LogP contribution in [0.5, 0.6) is 0 Å². The van der Waals surface area contributed by atoms with Crippen LogP contribution < -0.4 is 5.43 Å². The predicted molar refractivity (Wildman–Crippen MR) is 125 cm³/mol. The third-order valence-corrected chi connectivity index (χ3v) is 6.27. The summed E-state index contributed by atoms with van der Waals surface area (Å²) in [4.78, 5) is 13.3. The first kappa shape index (κ1) is 21.7. The van der Waals surface area contributed by atoms with Gasteiger partial charge in [0.25, 0.3) is 5.91 Å². The molecule has 1 heterocycles. The summed E-state index contributed by atoms with van der Waals surface area (Å²) in [6.07, 6.45) is 1.69. The summed E-state index contributed by atoms with van der Waals surface area (Å²) in [6, 6.07) is 17.6. The van der Waals surface area contributed by atoms with Gasteiger partial charge in [0, 0.05) is 37.0 Å². The van der Waals surface area contributed by atoms with Crippen molar-refractivity contribution in [1.29, 1.82) is 0 Å². The lowest BCUT2D eigenvalue weighted by Crippen LogP contribution is -2.26. The highest BCUT2D eigenvalue weighted by atomic mass is 79.9. The molecule has 0 saturated carbocycles. The fourth-order valence-electron chi connectivity index (χ4n) is 2.96. The van der Waals surface area contributed by atoms with Crippen LogP contribution in [0.2, 0.25) is 5.02 Å². The number of aromatic nitrogens is 1. The first-order chi connectivity index (χ1) is 13.8. The third-order valence-electron chi connectivity index (χ3n) is 4.41. The number of rotatable bonds is 6. The van der Waals surface area contributed by atoms with Gasteiger partial charge < -0.3 is 4.57 Å². The first-order valence-electron chi connectivity index (χ1n) is 9.05. The lowest BCUT2D eigenvalue weighted by Gasteiger charge is -2.10. The zero-order valence-corrected chi connectivity index (χ0v) is 19.5. The molecular formula is C22H21BrClN3OS. The lowest BCUT2D eigenvalue weighted by atomic mass is 10.2. The van der Waals surface area contributed by atoms with E-state index in [0.717, 1.165) is 32.0 Å². The van der Waals surface area contributed by atoms with Crippen LogP contribution in [0.3, 0.4) is 0 Å². The van der Waals surface area contributed by atoms with E-state index in [-0.39, 0.29) is 11.2 Å². The zero-order valence-electron chi connectivity index (χ0n) is 16.3. The minimum Gasteiger partial charge on any atom is -0.318 e. The van der Waals surface area contributed by atoms with Crippen LogP contribution in [0.1, 0.15) is 23.9 Å². The molecule has 3 rings (SSSR count). The maximum absolute atomic E-state index is 12.3. The largest absolute Gasteiger partial charge is 0.318 e. The van der Waals surface area contributed by atoms with E-state index in [9.17, 15) is 4.79 Å². The molecule has 0 aliphatic carbocycles. The summed E-state index contributed by atoms with van der Waals surface area (Å²) in [7, 11) is 0. The van der Waals surface area contributed by atoms with Crippen molar-refractivity contribution in [3.05, 3.63) is 81.0 Å². The highest BCUT2D eigenvalue weighted by Gasteiger charge is 2.14. The van der Waals surface area contributed by atoms with Gasteiger partial charge in [0.1, 0.15) is 0 Å². The third kappa shape index (κ3) is 5.53. The summed E-state index contributed by atoms with van der Waals surface area (Å²) < 4.78 is 3.18. The SMILES string of the molecule is Cc1cc(/C=N\NC(=O)[C@H](C)Sc2ccc(Cl)cc2)c(C)n1-c1cccc(Br)c1. The topological polar surface area (TPSA) is 46.4 Å². The smallest absolute Gasteiger partial charge is 0.253 e. The molecule has 1 atom stereocenters. The van der Waals surface area contributed by atoms with Gasteiger partial charge in [-0.3, -0.25) is 4.79 Å². The molecule has 0 spiro atoms. The van der Waals surface area contributed by atoms with Gasteiger partial charge in [-0.05, 0) is 69.3 Å². The van der Waals surface area contributed by atoms with Crippen LogP contribution in [0.4, 0.5) is 0 Å². The van der Waals surface area contributed by atoms with E-state index in [0.29, 0.717) is 5.02 Å². The van der Waals surface area contributed by atoms with Crippen molar-refractivity contribution in [3.63, 3.8) is 0 Å². The predicted octanol–water partition coefficient (Wildman–Crippen LogP) is 6.14. The molecule has 1 amide bonds. The van der Waals surface area contributed by atoms with Gasteiger partial charge >= 0.3 is 0 Å². The molecule has 0 aliphatic heterocycles. The molecule has 0 bridgehead atoms. The second-order valence-corrected chi connectivity index (χ2v) is 9.36. The van der Waals surface area contributed by atoms with E-state index in [1.807, 2.05) is 50.2 Å². The number of benzene rings is 2. The number of carbonyl (C=O) groups is 1. The second kappa shape index (κ2) is 9.65. The first-order valence-corrected chi connectivity index (χ1v) is 11.1. The molecule has 3 aromatic rings. The van der Waals surface area contributed by atoms with Crippen molar-refractivity contribution in [3.8, 4) is 5.69 Å². The Morgan fingerprint density at radius 1 is 1.21 bits per heavy atom. The van der Waals surface area contributed by atoms with Crippen LogP contribution in [0.25, 0.3) is 5.69 Å². The number of hydrazone groups is 1. The number of hydrogen-bond acceptors (Lipinski definition) is 3. The summed E-state index contributed by atoms with van der Waals surface area (Å²) >= 11 is 10.9. The highest BCUT2D eigenvalue weighted by molar-refractivity contribution is 9.10. The maximum Gasteiger partial charge on any atom is 0.253 e. The molecule has 0 radical (unpaired) electrons. The van der Waals surface area contributed by atoms with Crippen LogP contribution in [0.15, 0.2) is 69.1 Å². The van der Waals surface area contributed by atoms with Crippen LogP contribution in [0, 0.1) is 13.8 Å². The Labute approximate surface area is 188 Å². The number of thioether (sulfide) groups is 1. The molecule has 0 aliphatic rings. The van der Waals surface area contributed by atoms with Crippen molar-refractivity contribution < 1.29 is 4.79 Å². The van der Waals surface area contributed by atoms with Crippen molar-refractivity contribution in [2.75, 3.05) is 0 Å². The van der Waals surface area contributed by atoms with Gasteiger partial charge in [0.2, 0.25) is 0 Å². The van der Waals surface area contributed by atoms with Crippen molar-refractivity contribution in [1.82, 2.24) is 9.99 Å². The number of nitrogens with one attached hydrogen (secondary N) is 1. The average molecular weight is 491 g/mol. The normalized spacial score (nSPS) is 12.3. The van der Waals surface area contributed by atoms with E-state index in [1.54, 1.807) is 6.21 Å². The molecule has 150 valence electrons. The molecular weight excluding hydrogens is 470 g/mol. The monoisotopic (exact) mass is 489 g/mol. The van der Waals surface area contributed by atoms with Gasteiger partial charge in [0.05, 0.1) is 11.5 Å². The van der Waals surface area contributed by atoms with E-state index in [4.69, 9.17) is 11.6 Å². The molecule has 0 fully saturated rings. The Hall–Kier alpha value is -2.02. The number of halogens is 2. The number of carbonyl (C=O) groups excluding carboxylic acids is 1. The summed E-state index contributed by atoms with van der Waals surface area (Å²) in [5.41, 5.74) is 6.82. The summed E-state index contributed by atoms with van der Waals surface area (Å²) in [5, 5.41) is 4.57. The van der Waals surface area contributed by atoms with Crippen LogP contribution in [-0.4, -0.2) is 21.9 Å². The number of amides is 1. The van der Waals surface area contributed by atoms with E-state index < -0.39 is 0 Å². The summed E-state index contributed by atoms with van der Waals surface area (Å²) in [5.74, 6) is -0.151. The Morgan fingerprint density at radius 2 is 1.93 bits per heavy atom. The Bertz CT molecular complexity index is 1050. The molecule has 0 saturated heterocycles. The molecule has 4 nitrogen and oxygen atoms in total.